The molecule has 1 amide bonds. The third kappa shape index (κ3) is 4.98. The summed E-state index contributed by atoms with van der Waals surface area (Å²) >= 11 is 0. The van der Waals surface area contributed by atoms with Crippen LogP contribution in [0, 0.1) is 0 Å². The van der Waals surface area contributed by atoms with Crippen molar-refractivity contribution in [1.82, 2.24) is 19.8 Å². The molecule has 0 spiro atoms. The summed E-state index contributed by atoms with van der Waals surface area (Å²) in [7, 11) is 0. The summed E-state index contributed by atoms with van der Waals surface area (Å²) in [5.41, 5.74) is 1.27. The van der Waals surface area contributed by atoms with E-state index < -0.39 is 0 Å². The Morgan fingerprint density at radius 2 is 2.04 bits per heavy atom. The van der Waals surface area contributed by atoms with E-state index in [2.05, 4.69) is 21.8 Å². The van der Waals surface area contributed by atoms with Crippen LogP contribution >= 0.6 is 0 Å². The summed E-state index contributed by atoms with van der Waals surface area (Å²) in [6.45, 7) is 7.69. The van der Waals surface area contributed by atoms with E-state index in [-0.39, 0.29) is 11.7 Å². The van der Waals surface area contributed by atoms with Crippen LogP contribution in [0.3, 0.4) is 0 Å². The summed E-state index contributed by atoms with van der Waals surface area (Å²) < 4.78 is 5.32. The molecule has 1 unspecified atom stereocenters. The Morgan fingerprint density at radius 1 is 1.25 bits per heavy atom. The van der Waals surface area contributed by atoms with Crippen LogP contribution in [0.4, 0.5) is 0 Å². The first-order valence-corrected chi connectivity index (χ1v) is 9.86. The van der Waals surface area contributed by atoms with Gasteiger partial charge in [-0.3, -0.25) is 9.69 Å². The van der Waals surface area contributed by atoms with Gasteiger partial charge in [0, 0.05) is 19.1 Å². The molecule has 150 valence electrons. The van der Waals surface area contributed by atoms with Crippen molar-refractivity contribution in [3.05, 3.63) is 47.9 Å². The van der Waals surface area contributed by atoms with Crippen LogP contribution < -0.4 is 4.74 Å². The first-order chi connectivity index (χ1) is 13.6. The molecule has 0 saturated carbocycles. The largest absolute Gasteiger partial charge is 0.508 e. The fourth-order valence-electron chi connectivity index (χ4n) is 3.62. The van der Waals surface area contributed by atoms with E-state index in [0.29, 0.717) is 37.3 Å². The zero-order chi connectivity index (χ0) is 19.9. The summed E-state index contributed by atoms with van der Waals surface area (Å²) in [6, 6.07) is 7.31. The van der Waals surface area contributed by atoms with Gasteiger partial charge in [0.15, 0.2) is 0 Å². The lowest BCUT2D eigenvalue weighted by atomic mass is 10.1. The van der Waals surface area contributed by atoms with Crippen LogP contribution in [0.25, 0.3) is 0 Å². The SMILES string of the molecule is CCOc1cnc(C(=O)N(Cc2ccc(O)cc2)CC2CCCN2CC)cn1. The van der Waals surface area contributed by atoms with Crippen LogP contribution in [0.2, 0.25) is 0 Å². The number of aromatic nitrogens is 2. The molecule has 0 bridgehead atoms. The van der Waals surface area contributed by atoms with Gasteiger partial charge in [0.25, 0.3) is 5.91 Å². The Kier molecular flexibility index (Phi) is 6.81. The number of carbonyl (C=O) groups excluding carboxylic acids is 1. The molecule has 1 aliphatic rings. The van der Waals surface area contributed by atoms with Gasteiger partial charge in [0.1, 0.15) is 11.4 Å². The second kappa shape index (κ2) is 9.50. The third-order valence-corrected chi connectivity index (χ3v) is 5.07. The van der Waals surface area contributed by atoms with E-state index in [1.54, 1.807) is 12.1 Å². The average Bonchev–Trinajstić information content (AvgIpc) is 3.16. The number of benzene rings is 1. The fraction of sp³-hybridized carbons (Fsp3) is 0.476. The van der Waals surface area contributed by atoms with Crippen molar-refractivity contribution in [2.45, 2.75) is 39.3 Å². The zero-order valence-corrected chi connectivity index (χ0v) is 16.5. The maximum absolute atomic E-state index is 13.2. The van der Waals surface area contributed by atoms with Crippen LogP contribution in [0.1, 0.15) is 42.7 Å². The minimum atomic E-state index is -0.147. The lowest BCUT2D eigenvalue weighted by Gasteiger charge is -2.30. The fourth-order valence-corrected chi connectivity index (χ4v) is 3.62. The van der Waals surface area contributed by atoms with Gasteiger partial charge in [-0.05, 0) is 50.6 Å². The molecule has 1 fully saturated rings. The maximum atomic E-state index is 13.2. The number of phenols is 1. The van der Waals surface area contributed by atoms with Crippen LogP contribution in [0.5, 0.6) is 11.6 Å². The predicted octanol–water partition coefficient (Wildman–Crippen LogP) is 2.71. The third-order valence-electron chi connectivity index (χ3n) is 5.07. The lowest BCUT2D eigenvalue weighted by Crippen LogP contribution is -2.43. The summed E-state index contributed by atoms with van der Waals surface area (Å²) in [4.78, 5) is 25.9. The quantitative estimate of drug-likeness (QED) is 0.754. The molecule has 1 saturated heterocycles. The van der Waals surface area contributed by atoms with Gasteiger partial charge in [-0.25, -0.2) is 9.97 Å². The molecule has 7 heteroatoms. The Balaban J connectivity index is 1.79. The highest BCUT2D eigenvalue weighted by Crippen LogP contribution is 2.20. The number of likely N-dealkylation sites (N-methyl/N-ethyl adjacent to an activating group) is 1. The number of hydrogen-bond donors (Lipinski definition) is 1. The summed E-state index contributed by atoms with van der Waals surface area (Å²) in [5.74, 6) is 0.482. The van der Waals surface area contributed by atoms with Gasteiger partial charge in [0.2, 0.25) is 5.88 Å². The number of carbonyl (C=O) groups is 1. The highest BCUT2D eigenvalue weighted by Gasteiger charge is 2.28. The molecule has 1 aliphatic heterocycles. The van der Waals surface area contributed by atoms with Crippen molar-refractivity contribution in [2.75, 3.05) is 26.2 Å². The molecule has 0 aliphatic carbocycles. The number of hydrogen-bond acceptors (Lipinski definition) is 6. The van der Waals surface area contributed by atoms with Crippen LogP contribution in [-0.4, -0.2) is 63.1 Å². The Hall–Kier alpha value is -2.67. The molecule has 3 rings (SSSR count). The van der Waals surface area contributed by atoms with Gasteiger partial charge in [-0.15, -0.1) is 0 Å². The molecular weight excluding hydrogens is 356 g/mol. The Labute approximate surface area is 166 Å². The van der Waals surface area contributed by atoms with E-state index in [0.717, 1.165) is 31.5 Å². The average molecular weight is 384 g/mol. The standard InChI is InChI=1S/C21H28N4O3/c1-3-24-11-5-6-17(24)15-25(14-16-7-9-18(26)10-8-16)21(27)19-12-23-20(13-22-19)28-4-2/h7-10,12-13,17,26H,3-6,11,14-15H2,1-2H3. The molecule has 1 atom stereocenters. The van der Waals surface area contributed by atoms with E-state index in [1.807, 2.05) is 24.0 Å². The van der Waals surface area contributed by atoms with Gasteiger partial charge >= 0.3 is 0 Å². The molecule has 1 N–H and O–H groups in total. The molecule has 7 nitrogen and oxygen atoms in total. The number of nitrogens with zero attached hydrogens (tertiary/aromatic N) is 4. The first kappa shape index (κ1) is 20.1. The summed E-state index contributed by atoms with van der Waals surface area (Å²) in [5, 5.41) is 9.53. The monoisotopic (exact) mass is 384 g/mol. The van der Waals surface area contributed by atoms with Crippen molar-refractivity contribution in [2.24, 2.45) is 0 Å². The number of likely N-dealkylation sites (tertiary alicyclic amines) is 1. The second-order valence-corrected chi connectivity index (χ2v) is 6.95. The number of ether oxygens (including phenoxy) is 1. The van der Waals surface area contributed by atoms with E-state index in [9.17, 15) is 9.90 Å². The minimum absolute atomic E-state index is 0.147. The van der Waals surface area contributed by atoms with Crippen molar-refractivity contribution in [1.29, 1.82) is 0 Å². The highest BCUT2D eigenvalue weighted by molar-refractivity contribution is 5.92. The zero-order valence-electron chi connectivity index (χ0n) is 16.5. The highest BCUT2D eigenvalue weighted by atomic mass is 16.5. The first-order valence-electron chi connectivity index (χ1n) is 9.86. The van der Waals surface area contributed by atoms with Crippen molar-refractivity contribution >= 4 is 5.91 Å². The molecule has 1 aromatic heterocycles. The van der Waals surface area contributed by atoms with Crippen LogP contribution in [0.15, 0.2) is 36.7 Å². The van der Waals surface area contributed by atoms with Crippen molar-refractivity contribution in [3.8, 4) is 11.6 Å². The topological polar surface area (TPSA) is 78.8 Å². The molecule has 1 aromatic carbocycles. The van der Waals surface area contributed by atoms with Gasteiger partial charge in [-0.2, -0.15) is 0 Å². The Morgan fingerprint density at radius 3 is 2.68 bits per heavy atom. The van der Waals surface area contributed by atoms with Crippen LogP contribution in [-0.2, 0) is 6.54 Å². The predicted molar refractivity (Wildman–Crippen MR) is 106 cm³/mol. The number of phenolic OH excluding ortho intramolecular Hbond substituents is 1. The number of rotatable bonds is 8. The smallest absolute Gasteiger partial charge is 0.274 e. The van der Waals surface area contributed by atoms with E-state index >= 15 is 0 Å². The Bertz CT molecular complexity index is 764. The second-order valence-electron chi connectivity index (χ2n) is 6.95. The summed E-state index contributed by atoms with van der Waals surface area (Å²) in [6.07, 6.45) is 5.21. The molecule has 2 heterocycles. The van der Waals surface area contributed by atoms with E-state index in [1.165, 1.54) is 12.4 Å². The lowest BCUT2D eigenvalue weighted by molar-refractivity contribution is 0.0685. The van der Waals surface area contributed by atoms with E-state index in [4.69, 9.17) is 4.74 Å². The maximum Gasteiger partial charge on any atom is 0.274 e. The van der Waals surface area contributed by atoms with Gasteiger partial charge < -0.3 is 14.7 Å². The molecule has 0 radical (unpaired) electrons. The number of amides is 1. The molecule has 28 heavy (non-hydrogen) atoms. The van der Waals surface area contributed by atoms with Crippen molar-refractivity contribution < 1.29 is 14.6 Å². The van der Waals surface area contributed by atoms with Crippen molar-refractivity contribution in [3.63, 3.8) is 0 Å². The number of aromatic hydroxyl groups is 1. The van der Waals surface area contributed by atoms with Gasteiger partial charge in [0.05, 0.1) is 19.0 Å². The normalized spacial score (nSPS) is 16.9. The van der Waals surface area contributed by atoms with Gasteiger partial charge in [-0.1, -0.05) is 19.1 Å². The molecule has 2 aromatic rings. The molecular formula is C21H28N4O3. The minimum Gasteiger partial charge on any atom is -0.508 e.